The zero-order chi connectivity index (χ0) is 23.8. The highest BCUT2D eigenvalue weighted by Gasteiger charge is 2.15. The molecule has 170 valence electrons. The fourth-order valence-electron chi connectivity index (χ4n) is 4.32. The van der Waals surface area contributed by atoms with Gasteiger partial charge < -0.3 is 0 Å². The van der Waals surface area contributed by atoms with E-state index < -0.39 is 0 Å². The summed E-state index contributed by atoms with van der Waals surface area (Å²) in [6.45, 7) is 0. The number of nitro benzene ring substituents is 1. The Morgan fingerprint density at radius 2 is 1.14 bits per heavy atom. The summed E-state index contributed by atoms with van der Waals surface area (Å²) in [5.74, 6) is 0. The Morgan fingerprint density at radius 3 is 1.74 bits per heavy atom. The van der Waals surface area contributed by atoms with Crippen LogP contribution in [0.2, 0.25) is 0 Å². The molecule has 6 rings (SSSR count). The molecule has 4 aromatic carbocycles. The Morgan fingerprint density at radius 1 is 0.600 bits per heavy atom. The largest absolute Gasteiger partial charge is 0.270 e. The first-order valence-electron chi connectivity index (χ1n) is 10.8. The molecule has 0 atom stereocenters. The van der Waals surface area contributed by atoms with Crippen LogP contribution in [0.15, 0.2) is 88.4 Å². The normalized spacial score (nSPS) is 15.3. The van der Waals surface area contributed by atoms with Crippen molar-refractivity contribution in [3.8, 4) is 0 Å². The minimum Gasteiger partial charge on any atom is -0.258 e. The number of hydrogen-bond donors (Lipinski definition) is 0. The third-order valence-corrected chi connectivity index (χ3v) is 10.1. The van der Waals surface area contributed by atoms with E-state index in [-0.39, 0.29) is 10.6 Å². The second kappa shape index (κ2) is 9.66. The third-order valence-electron chi connectivity index (χ3n) is 5.82. The van der Waals surface area contributed by atoms with Gasteiger partial charge in [-0.05, 0) is 60.4 Å². The second-order valence-electron chi connectivity index (χ2n) is 7.88. The van der Waals surface area contributed by atoms with Gasteiger partial charge in [0.05, 0.1) is 13.4 Å². The fraction of sp³-hybridized carbons (Fsp3) is 0. The lowest BCUT2D eigenvalue weighted by molar-refractivity contribution is -0.384. The number of fused-ring (bicyclic) bond motifs is 2. The number of hydrogen-bond acceptors (Lipinski definition) is 6. The smallest absolute Gasteiger partial charge is 0.258 e. The molecular formula is C28H17NO2S4. The Hall–Kier alpha value is -2.84. The van der Waals surface area contributed by atoms with Gasteiger partial charge in [-0.2, -0.15) is 0 Å². The van der Waals surface area contributed by atoms with Crippen molar-refractivity contribution in [2.45, 2.75) is 0 Å². The molecule has 0 fully saturated rings. The summed E-state index contributed by atoms with van der Waals surface area (Å²) in [6.07, 6.45) is 3.97. The van der Waals surface area contributed by atoms with E-state index in [1.807, 2.05) is 18.2 Å². The number of nitro groups is 1. The fourth-order valence-corrected chi connectivity index (χ4v) is 8.17. The van der Waals surface area contributed by atoms with Gasteiger partial charge in [0.25, 0.3) is 5.69 Å². The molecule has 0 aliphatic carbocycles. The Balaban J connectivity index is 1.62. The first-order valence-corrected chi connectivity index (χ1v) is 14.3. The Labute approximate surface area is 218 Å². The molecular weight excluding hydrogens is 511 g/mol. The van der Waals surface area contributed by atoms with Crippen molar-refractivity contribution in [1.29, 1.82) is 0 Å². The van der Waals surface area contributed by atoms with Crippen LogP contribution < -0.4 is 10.4 Å². The minimum absolute atomic E-state index is 0.0976. The summed E-state index contributed by atoms with van der Waals surface area (Å²) in [7, 11) is 0. The van der Waals surface area contributed by atoms with Gasteiger partial charge in [-0.25, -0.2) is 0 Å². The molecule has 2 aliphatic heterocycles. The van der Waals surface area contributed by atoms with Crippen LogP contribution in [0.4, 0.5) is 5.69 Å². The SMILES string of the molecule is O=[N+]([O-])c1cccc(/C=C/c2ccc3c(=C4SC=CS4)c4ccccc4c(=C4SC=CS4)c3c2)c1. The molecule has 0 radical (unpaired) electrons. The monoisotopic (exact) mass is 527 g/mol. The predicted molar refractivity (Wildman–Crippen MR) is 158 cm³/mol. The zero-order valence-corrected chi connectivity index (χ0v) is 21.5. The van der Waals surface area contributed by atoms with Crippen LogP contribution in [0.3, 0.4) is 0 Å². The van der Waals surface area contributed by atoms with Crippen molar-refractivity contribution in [2.24, 2.45) is 0 Å². The van der Waals surface area contributed by atoms with Gasteiger partial charge in [-0.1, -0.05) is 108 Å². The summed E-state index contributed by atoms with van der Waals surface area (Å²) in [6, 6.07) is 22.0. The number of rotatable bonds is 3. The van der Waals surface area contributed by atoms with Crippen LogP contribution in [-0.4, -0.2) is 4.92 Å². The molecule has 2 heterocycles. The molecule has 0 N–H and O–H groups in total. The van der Waals surface area contributed by atoms with E-state index in [9.17, 15) is 10.1 Å². The average Bonchev–Trinajstić information content (AvgIpc) is 3.61. The lowest BCUT2D eigenvalue weighted by Gasteiger charge is -2.12. The van der Waals surface area contributed by atoms with Crippen molar-refractivity contribution in [3.05, 3.63) is 120 Å². The standard InChI is InChI=1S/C28H17NO2S4/c30-29(31)20-5-3-4-18(16-20)8-9-19-10-11-23-24(17-19)26(28-34-14-15-35-28)22-7-2-1-6-21(22)25(23)27-32-12-13-33-27/h1-17H/b9-8+. The van der Waals surface area contributed by atoms with Gasteiger partial charge in [-0.3, -0.25) is 10.1 Å². The molecule has 35 heavy (non-hydrogen) atoms. The summed E-state index contributed by atoms with van der Waals surface area (Å²) in [5, 5.41) is 27.3. The van der Waals surface area contributed by atoms with Crippen LogP contribution in [0, 0.1) is 10.1 Å². The molecule has 4 aromatic rings. The van der Waals surface area contributed by atoms with Gasteiger partial charge in [0.15, 0.2) is 0 Å². The predicted octanol–water partition coefficient (Wildman–Crippen LogP) is 8.11. The highest BCUT2D eigenvalue weighted by Crippen LogP contribution is 2.41. The Kier molecular flexibility index (Phi) is 6.24. The van der Waals surface area contributed by atoms with E-state index in [2.05, 4.69) is 64.1 Å². The number of nitrogens with zero attached hydrogens (tertiary/aromatic N) is 1. The minimum atomic E-state index is -0.361. The molecule has 0 unspecified atom stereocenters. The van der Waals surface area contributed by atoms with E-state index in [4.69, 9.17) is 0 Å². The first kappa shape index (κ1) is 22.6. The van der Waals surface area contributed by atoms with E-state index in [1.54, 1.807) is 59.2 Å². The maximum absolute atomic E-state index is 11.1. The van der Waals surface area contributed by atoms with Crippen LogP contribution in [0.1, 0.15) is 11.1 Å². The maximum Gasteiger partial charge on any atom is 0.270 e. The maximum atomic E-state index is 11.1. The Bertz CT molecular complexity index is 1720. The molecule has 0 saturated carbocycles. The van der Waals surface area contributed by atoms with E-state index in [0.29, 0.717) is 0 Å². The average molecular weight is 528 g/mol. The van der Waals surface area contributed by atoms with Crippen molar-refractivity contribution in [3.63, 3.8) is 0 Å². The highest BCUT2D eigenvalue weighted by molar-refractivity contribution is 8.35. The zero-order valence-electron chi connectivity index (χ0n) is 18.2. The molecule has 2 aliphatic rings. The summed E-state index contributed by atoms with van der Waals surface area (Å²) in [5.41, 5.74) is 1.96. The molecule has 0 aromatic heterocycles. The molecule has 0 spiro atoms. The highest BCUT2D eigenvalue weighted by atomic mass is 32.2. The summed E-state index contributed by atoms with van der Waals surface area (Å²) >= 11 is 7.10. The number of non-ortho nitro benzene ring substituents is 1. The van der Waals surface area contributed by atoms with E-state index >= 15 is 0 Å². The third kappa shape index (κ3) is 4.34. The molecule has 3 nitrogen and oxygen atoms in total. The van der Waals surface area contributed by atoms with Crippen LogP contribution in [0.25, 0.3) is 42.2 Å². The van der Waals surface area contributed by atoms with E-state index in [0.717, 1.165) is 11.1 Å². The number of thioether (sulfide) groups is 4. The van der Waals surface area contributed by atoms with Gasteiger partial charge >= 0.3 is 0 Å². The molecule has 0 saturated heterocycles. The topological polar surface area (TPSA) is 43.1 Å². The quantitative estimate of drug-likeness (QED) is 0.116. The van der Waals surface area contributed by atoms with Crippen LogP contribution in [-0.2, 0) is 0 Å². The van der Waals surface area contributed by atoms with Crippen LogP contribution in [0.5, 0.6) is 0 Å². The van der Waals surface area contributed by atoms with Crippen molar-refractivity contribution in [1.82, 2.24) is 0 Å². The van der Waals surface area contributed by atoms with Crippen LogP contribution >= 0.6 is 47.0 Å². The molecule has 7 heteroatoms. The van der Waals surface area contributed by atoms with Crippen molar-refractivity contribution < 1.29 is 4.92 Å². The van der Waals surface area contributed by atoms with E-state index in [1.165, 1.54) is 46.5 Å². The van der Waals surface area contributed by atoms with Crippen molar-refractivity contribution in [2.75, 3.05) is 0 Å². The summed E-state index contributed by atoms with van der Waals surface area (Å²) < 4.78 is 2.58. The van der Waals surface area contributed by atoms with Crippen molar-refractivity contribution >= 4 is 94.9 Å². The lowest BCUT2D eigenvalue weighted by Crippen LogP contribution is -2.16. The van der Waals surface area contributed by atoms with Gasteiger partial charge in [0.2, 0.25) is 0 Å². The van der Waals surface area contributed by atoms with Gasteiger partial charge in [-0.15, -0.1) is 0 Å². The van der Waals surface area contributed by atoms with Gasteiger partial charge in [0, 0.05) is 22.6 Å². The van der Waals surface area contributed by atoms with Gasteiger partial charge in [0.1, 0.15) is 0 Å². The number of benzene rings is 4. The summed E-state index contributed by atoms with van der Waals surface area (Å²) in [4.78, 5) is 10.8. The lowest BCUT2D eigenvalue weighted by atomic mass is 9.97. The second-order valence-corrected chi connectivity index (χ2v) is 12.1. The first-order chi connectivity index (χ1) is 17.2. The molecule has 0 bridgehead atoms. The molecule has 0 amide bonds.